The van der Waals surface area contributed by atoms with Crippen LogP contribution in [-0.2, 0) is 0 Å². The second kappa shape index (κ2) is 11.0. The minimum atomic E-state index is 0.421. The van der Waals surface area contributed by atoms with Gasteiger partial charge in [0.1, 0.15) is 11.3 Å². The average molecular weight is 448 g/mol. The molecule has 0 bridgehead atoms. The summed E-state index contributed by atoms with van der Waals surface area (Å²) in [6.07, 6.45) is 7.77. The van der Waals surface area contributed by atoms with Gasteiger partial charge in [0.15, 0.2) is 11.5 Å². The monoisotopic (exact) mass is 447 g/mol. The van der Waals surface area contributed by atoms with Gasteiger partial charge in [-0.15, -0.1) is 0 Å². The summed E-state index contributed by atoms with van der Waals surface area (Å²) in [7, 11) is 1.66. The number of methoxy groups -OCH3 is 1. The Kier molecular flexibility index (Phi) is 7.63. The highest BCUT2D eigenvalue weighted by Gasteiger charge is 2.18. The molecule has 1 aromatic carbocycles. The molecule has 3 N–H and O–H groups in total. The predicted octanol–water partition coefficient (Wildman–Crippen LogP) is 4.54. The number of ether oxygens (including phenoxy) is 1. The van der Waals surface area contributed by atoms with E-state index in [0.717, 1.165) is 55.1 Å². The van der Waals surface area contributed by atoms with Crippen LogP contribution in [0.1, 0.15) is 51.5 Å². The number of aromatic amines is 1. The molecule has 33 heavy (non-hydrogen) atoms. The summed E-state index contributed by atoms with van der Waals surface area (Å²) in [6, 6.07) is 6.29. The van der Waals surface area contributed by atoms with Gasteiger partial charge in [-0.25, -0.2) is 4.98 Å². The lowest BCUT2D eigenvalue weighted by atomic mass is 9.95. The van der Waals surface area contributed by atoms with E-state index in [-0.39, 0.29) is 0 Å². The van der Waals surface area contributed by atoms with Gasteiger partial charge in [0.05, 0.1) is 25.7 Å². The van der Waals surface area contributed by atoms with Crippen LogP contribution in [0.5, 0.6) is 5.75 Å². The lowest BCUT2D eigenvalue weighted by Gasteiger charge is -2.23. The maximum absolute atomic E-state index is 5.62. The summed E-state index contributed by atoms with van der Waals surface area (Å²) in [5, 5.41) is 6.90. The van der Waals surface area contributed by atoms with Crippen molar-refractivity contribution >= 4 is 28.6 Å². The molecule has 174 valence electrons. The minimum absolute atomic E-state index is 0.421. The number of hydrogen-bond acceptors (Lipinski definition) is 7. The van der Waals surface area contributed by atoms with Crippen molar-refractivity contribution in [2.24, 2.45) is 0 Å². The van der Waals surface area contributed by atoms with Gasteiger partial charge in [0, 0.05) is 11.6 Å². The normalized spacial score (nSPS) is 14.2. The molecule has 8 heteroatoms. The number of rotatable bonds is 8. The number of nitrogens with zero attached hydrogens (tertiary/aromatic N) is 4. The first-order valence-electron chi connectivity index (χ1n) is 11.8. The van der Waals surface area contributed by atoms with Crippen LogP contribution in [0.25, 0.3) is 11.2 Å². The number of imidazole rings is 1. The van der Waals surface area contributed by atoms with Gasteiger partial charge < -0.3 is 20.4 Å². The number of aromatic nitrogens is 4. The Morgan fingerprint density at radius 2 is 1.97 bits per heavy atom. The number of benzene rings is 1. The minimum Gasteiger partial charge on any atom is -0.495 e. The lowest BCUT2D eigenvalue weighted by Crippen LogP contribution is -2.23. The Morgan fingerprint density at radius 1 is 1.15 bits per heavy atom. The number of fused-ring (bicyclic) bond motifs is 1. The van der Waals surface area contributed by atoms with E-state index in [1.54, 1.807) is 13.4 Å². The molecule has 0 spiro atoms. The zero-order chi connectivity index (χ0) is 23.0. The molecular formula is C25H33N7O. The molecule has 8 nitrogen and oxygen atoms in total. The van der Waals surface area contributed by atoms with E-state index in [1.807, 2.05) is 18.2 Å². The third-order valence-electron chi connectivity index (χ3n) is 6.10. The van der Waals surface area contributed by atoms with Crippen LogP contribution < -0.4 is 15.4 Å². The van der Waals surface area contributed by atoms with Crippen LogP contribution in [0, 0.1) is 11.8 Å². The van der Waals surface area contributed by atoms with E-state index in [2.05, 4.69) is 56.2 Å². The summed E-state index contributed by atoms with van der Waals surface area (Å²) < 4.78 is 5.62. The van der Waals surface area contributed by atoms with Crippen molar-refractivity contribution in [3.63, 3.8) is 0 Å². The highest BCUT2D eigenvalue weighted by Crippen LogP contribution is 2.30. The summed E-state index contributed by atoms with van der Waals surface area (Å²) in [5.74, 6) is 8.42. The van der Waals surface area contributed by atoms with E-state index in [1.165, 1.54) is 19.3 Å². The molecule has 0 atom stereocenters. The van der Waals surface area contributed by atoms with Crippen LogP contribution >= 0.6 is 0 Å². The van der Waals surface area contributed by atoms with Crippen molar-refractivity contribution in [3.05, 3.63) is 30.1 Å². The van der Waals surface area contributed by atoms with Crippen LogP contribution in [0.4, 0.5) is 17.5 Å². The molecular weight excluding hydrogens is 414 g/mol. The summed E-state index contributed by atoms with van der Waals surface area (Å²) in [6.45, 7) is 7.04. The van der Waals surface area contributed by atoms with Crippen molar-refractivity contribution in [2.45, 2.75) is 52.0 Å². The van der Waals surface area contributed by atoms with Gasteiger partial charge in [-0.1, -0.05) is 45.0 Å². The van der Waals surface area contributed by atoms with E-state index in [0.29, 0.717) is 23.4 Å². The number of anilines is 3. The number of H-pyrrole nitrogens is 1. The summed E-state index contributed by atoms with van der Waals surface area (Å²) >= 11 is 0. The van der Waals surface area contributed by atoms with Crippen molar-refractivity contribution < 1.29 is 4.74 Å². The molecule has 4 rings (SSSR count). The van der Waals surface area contributed by atoms with Gasteiger partial charge in [-0.2, -0.15) is 9.97 Å². The maximum atomic E-state index is 5.62. The molecule has 0 amide bonds. The highest BCUT2D eigenvalue weighted by molar-refractivity contribution is 5.84. The van der Waals surface area contributed by atoms with Gasteiger partial charge in [0.2, 0.25) is 5.95 Å². The third kappa shape index (κ3) is 5.74. The van der Waals surface area contributed by atoms with E-state index < -0.39 is 0 Å². The molecule has 1 aliphatic carbocycles. The summed E-state index contributed by atoms with van der Waals surface area (Å²) in [5.41, 5.74) is 3.16. The predicted molar refractivity (Wildman–Crippen MR) is 133 cm³/mol. The molecule has 1 aliphatic rings. The fraction of sp³-hybridized carbons (Fsp3) is 0.480. The molecule has 2 heterocycles. The molecule has 1 fully saturated rings. The first-order valence-corrected chi connectivity index (χ1v) is 11.8. The summed E-state index contributed by atoms with van der Waals surface area (Å²) in [4.78, 5) is 19.1. The first kappa shape index (κ1) is 22.9. The average Bonchev–Trinajstić information content (AvgIpc) is 3.32. The lowest BCUT2D eigenvalue weighted by molar-refractivity contribution is 0.342. The van der Waals surface area contributed by atoms with E-state index in [9.17, 15) is 0 Å². The quantitative estimate of drug-likeness (QED) is 0.437. The van der Waals surface area contributed by atoms with Gasteiger partial charge >= 0.3 is 0 Å². The third-order valence-corrected chi connectivity index (χ3v) is 6.10. The number of hydrogen-bond donors (Lipinski definition) is 3. The van der Waals surface area contributed by atoms with Crippen LogP contribution in [-0.4, -0.2) is 57.6 Å². The Balaban J connectivity index is 1.54. The molecule has 1 saturated carbocycles. The van der Waals surface area contributed by atoms with Gasteiger partial charge in [-0.05, 0) is 44.1 Å². The van der Waals surface area contributed by atoms with Crippen LogP contribution in [0.3, 0.4) is 0 Å². The highest BCUT2D eigenvalue weighted by atomic mass is 16.5. The fourth-order valence-electron chi connectivity index (χ4n) is 4.13. The van der Waals surface area contributed by atoms with Crippen LogP contribution in [0.2, 0.25) is 0 Å². The Morgan fingerprint density at radius 3 is 2.73 bits per heavy atom. The molecule has 0 unspecified atom stereocenters. The van der Waals surface area contributed by atoms with Crippen molar-refractivity contribution in [1.29, 1.82) is 0 Å². The van der Waals surface area contributed by atoms with Gasteiger partial charge in [0.25, 0.3) is 0 Å². The molecule has 0 saturated heterocycles. The Hall–Kier alpha value is -3.31. The van der Waals surface area contributed by atoms with E-state index in [4.69, 9.17) is 9.72 Å². The van der Waals surface area contributed by atoms with Crippen molar-refractivity contribution in [2.75, 3.05) is 37.4 Å². The molecule has 0 aliphatic heterocycles. The van der Waals surface area contributed by atoms with Crippen LogP contribution in [0.15, 0.2) is 24.5 Å². The second-order valence-corrected chi connectivity index (χ2v) is 8.28. The standard InChI is InChI=1S/C25H33N7O/c1-4-32(5-2)15-9-10-18-13-14-20(21(16-18)33-3)29-25-30-23-22(26-17-27-23)24(31-25)28-19-11-7-6-8-12-19/h13-14,16-17,19H,4-8,11-12,15H2,1-3H3,(H3,26,27,28,29,30,31). The van der Waals surface area contributed by atoms with Crippen molar-refractivity contribution in [1.82, 2.24) is 24.8 Å². The topological polar surface area (TPSA) is 91.0 Å². The zero-order valence-corrected chi connectivity index (χ0v) is 19.7. The number of nitrogens with one attached hydrogen (secondary N) is 3. The Bertz CT molecular complexity index is 1120. The molecule has 3 aromatic rings. The van der Waals surface area contributed by atoms with Gasteiger partial charge in [-0.3, -0.25) is 4.90 Å². The zero-order valence-electron chi connectivity index (χ0n) is 19.7. The van der Waals surface area contributed by atoms with E-state index >= 15 is 0 Å². The molecule has 0 radical (unpaired) electrons. The molecule has 2 aromatic heterocycles. The van der Waals surface area contributed by atoms with Crippen molar-refractivity contribution in [3.8, 4) is 17.6 Å². The fourth-order valence-corrected chi connectivity index (χ4v) is 4.13. The smallest absolute Gasteiger partial charge is 0.231 e. The largest absolute Gasteiger partial charge is 0.495 e. The Labute approximate surface area is 195 Å². The second-order valence-electron chi connectivity index (χ2n) is 8.28. The maximum Gasteiger partial charge on any atom is 0.231 e. The first-order chi connectivity index (χ1) is 16.2. The SMILES string of the molecule is CCN(CC)CC#Cc1ccc(Nc2nc(NC3CCCCC3)c3nc[nH]c3n2)c(OC)c1.